The smallest absolute Gasteiger partial charge is 0.210 e. The molecule has 0 aliphatic carbocycles. The zero-order valence-electron chi connectivity index (χ0n) is 22.3. The maximum atomic E-state index is 6.82. The number of methoxy groups -OCH3 is 1. The van der Waals surface area contributed by atoms with Crippen LogP contribution >= 0.6 is 0 Å². The van der Waals surface area contributed by atoms with Crippen LogP contribution in [-0.2, 0) is 5.79 Å². The summed E-state index contributed by atoms with van der Waals surface area (Å²) in [5.41, 5.74) is 17.2. The molecule has 2 aromatic carbocycles. The van der Waals surface area contributed by atoms with Crippen molar-refractivity contribution in [3.05, 3.63) is 59.6 Å². The number of benzene rings is 2. The largest absolute Gasteiger partial charge is 0.495 e. The lowest BCUT2D eigenvalue weighted by Crippen LogP contribution is -2.51. The van der Waals surface area contributed by atoms with Crippen LogP contribution in [0.5, 0.6) is 5.75 Å². The van der Waals surface area contributed by atoms with Crippen molar-refractivity contribution < 1.29 is 4.74 Å². The number of H-pyrrole nitrogens is 1. The second kappa shape index (κ2) is 11.4. The van der Waals surface area contributed by atoms with Crippen molar-refractivity contribution in [2.45, 2.75) is 32.0 Å². The van der Waals surface area contributed by atoms with Crippen LogP contribution in [0.2, 0.25) is 0 Å². The fourth-order valence-electron chi connectivity index (χ4n) is 5.07. The normalized spacial score (nSPS) is 20.2. The highest BCUT2D eigenvalue weighted by molar-refractivity contribution is 5.84. The summed E-state index contributed by atoms with van der Waals surface area (Å²) in [6, 6.07) is 12.2. The molecular formula is C28H39N9O. The van der Waals surface area contributed by atoms with Gasteiger partial charge in [0, 0.05) is 54.6 Å². The molecule has 0 saturated carbocycles. The molecule has 2 aliphatic heterocycles. The van der Waals surface area contributed by atoms with E-state index in [2.05, 4.69) is 41.7 Å². The topological polar surface area (TPSA) is 133 Å². The van der Waals surface area contributed by atoms with Gasteiger partial charge >= 0.3 is 0 Å². The van der Waals surface area contributed by atoms with E-state index in [0.29, 0.717) is 0 Å². The van der Waals surface area contributed by atoms with Gasteiger partial charge in [-0.2, -0.15) is 5.10 Å². The molecule has 5 rings (SSSR count). The van der Waals surface area contributed by atoms with Gasteiger partial charge in [0.2, 0.25) is 5.79 Å². The van der Waals surface area contributed by atoms with Gasteiger partial charge in [-0.25, -0.2) is 4.99 Å². The standard InChI is InChI=1S/C28H39N9O/c1-20-18-31-28(30,34-27(20)33-23-8-6-21-19-32-35-24(21)17-23)22-7-9-25(26(16-22)38-2)37-14-12-36(13-15-37)11-5-3-4-10-29/h6-9,16-19,33-34H,3-5,10-15,29-30H2,1-2H3,(H,32,35). The van der Waals surface area contributed by atoms with Gasteiger partial charge in [-0.3, -0.25) is 15.7 Å². The van der Waals surface area contributed by atoms with E-state index in [1.165, 1.54) is 12.8 Å². The Hall–Kier alpha value is -3.60. The minimum absolute atomic E-state index is 0.782. The Morgan fingerprint density at radius 1 is 1.08 bits per heavy atom. The fourth-order valence-corrected chi connectivity index (χ4v) is 5.07. The van der Waals surface area contributed by atoms with Crippen LogP contribution in [0.3, 0.4) is 0 Å². The molecule has 0 radical (unpaired) electrons. The number of aliphatic imine (C=N–C) groups is 1. The average Bonchev–Trinajstić information content (AvgIpc) is 3.41. The van der Waals surface area contributed by atoms with Crippen molar-refractivity contribution in [1.82, 2.24) is 20.4 Å². The van der Waals surface area contributed by atoms with Crippen LogP contribution in [0.4, 0.5) is 11.4 Å². The van der Waals surface area contributed by atoms with Gasteiger partial charge in [-0.1, -0.05) is 12.5 Å². The third-order valence-corrected chi connectivity index (χ3v) is 7.39. The number of anilines is 2. The molecule has 1 atom stereocenters. The number of nitrogens with one attached hydrogen (secondary N) is 3. The number of hydrogen-bond acceptors (Lipinski definition) is 9. The van der Waals surface area contributed by atoms with Gasteiger partial charge in [0.15, 0.2) is 0 Å². The first-order valence-corrected chi connectivity index (χ1v) is 13.4. The maximum Gasteiger partial charge on any atom is 0.210 e. The Balaban J connectivity index is 1.27. The SMILES string of the molecule is COc1cc(C2(N)N=CC(C)=C(Nc3ccc4cn[nH]c4c3)N2)ccc1N1CCN(CCCCCN)CC1. The number of nitrogens with two attached hydrogens (primary N) is 2. The predicted octanol–water partition coefficient (Wildman–Crippen LogP) is 2.91. The molecule has 0 spiro atoms. The molecule has 0 amide bonds. The van der Waals surface area contributed by atoms with Crippen LogP contribution < -0.4 is 31.7 Å². The summed E-state index contributed by atoms with van der Waals surface area (Å²) in [6.45, 7) is 7.94. The molecule has 1 fully saturated rings. The van der Waals surface area contributed by atoms with Crippen LogP contribution in [0.1, 0.15) is 31.7 Å². The molecule has 2 aliphatic rings. The zero-order valence-corrected chi connectivity index (χ0v) is 22.3. The molecule has 3 heterocycles. The number of aromatic amines is 1. The second-order valence-electron chi connectivity index (χ2n) is 10.1. The molecule has 7 N–H and O–H groups in total. The van der Waals surface area contributed by atoms with Crippen LogP contribution in [0, 0.1) is 0 Å². The first kappa shape index (κ1) is 26.0. The lowest BCUT2D eigenvalue weighted by Gasteiger charge is -2.37. The van der Waals surface area contributed by atoms with E-state index in [4.69, 9.17) is 16.2 Å². The lowest BCUT2D eigenvalue weighted by atomic mass is 10.0. The van der Waals surface area contributed by atoms with Gasteiger partial charge in [-0.15, -0.1) is 0 Å². The first-order chi connectivity index (χ1) is 18.5. The highest BCUT2D eigenvalue weighted by Crippen LogP contribution is 2.34. The number of aromatic nitrogens is 2. The van der Waals surface area contributed by atoms with E-state index in [1.54, 1.807) is 13.3 Å². The average molecular weight is 518 g/mol. The van der Waals surface area contributed by atoms with E-state index in [9.17, 15) is 0 Å². The number of nitrogens with zero attached hydrogens (tertiary/aromatic N) is 4. The molecule has 10 nitrogen and oxygen atoms in total. The molecule has 38 heavy (non-hydrogen) atoms. The highest BCUT2D eigenvalue weighted by Gasteiger charge is 2.32. The number of fused-ring (bicyclic) bond motifs is 1. The van der Waals surface area contributed by atoms with Crippen molar-refractivity contribution in [3.8, 4) is 5.75 Å². The van der Waals surface area contributed by atoms with E-state index >= 15 is 0 Å². The maximum absolute atomic E-state index is 6.82. The third-order valence-electron chi connectivity index (χ3n) is 7.39. The lowest BCUT2D eigenvalue weighted by molar-refractivity contribution is 0.251. The van der Waals surface area contributed by atoms with Crippen molar-refractivity contribution in [3.63, 3.8) is 0 Å². The fraction of sp³-hybridized carbons (Fsp3) is 0.429. The van der Waals surface area contributed by atoms with E-state index in [0.717, 1.165) is 90.7 Å². The van der Waals surface area contributed by atoms with Crippen LogP contribution in [0.25, 0.3) is 10.9 Å². The number of unbranched alkanes of at least 4 members (excludes halogenated alkanes) is 2. The monoisotopic (exact) mass is 517 g/mol. The second-order valence-corrected chi connectivity index (χ2v) is 10.1. The van der Waals surface area contributed by atoms with Crippen LogP contribution in [0.15, 0.2) is 59.0 Å². The molecule has 1 aromatic heterocycles. The minimum Gasteiger partial charge on any atom is -0.495 e. The summed E-state index contributed by atoms with van der Waals surface area (Å²) in [5, 5.41) is 15.0. The summed E-state index contributed by atoms with van der Waals surface area (Å²) in [5.74, 6) is 0.465. The molecule has 1 saturated heterocycles. The van der Waals surface area contributed by atoms with E-state index < -0.39 is 5.79 Å². The van der Waals surface area contributed by atoms with Crippen molar-refractivity contribution in [2.24, 2.45) is 16.5 Å². The van der Waals surface area contributed by atoms with Crippen molar-refractivity contribution in [2.75, 3.05) is 56.6 Å². The number of ether oxygens (including phenoxy) is 1. The van der Waals surface area contributed by atoms with Gasteiger partial charge in [0.05, 0.1) is 24.5 Å². The number of allylic oxidation sites excluding steroid dienone is 1. The Morgan fingerprint density at radius 2 is 1.92 bits per heavy atom. The number of rotatable bonds is 10. The summed E-state index contributed by atoms with van der Waals surface area (Å²) in [6.07, 6.45) is 7.14. The quantitative estimate of drug-likeness (QED) is 0.259. The summed E-state index contributed by atoms with van der Waals surface area (Å²) in [7, 11) is 1.71. The summed E-state index contributed by atoms with van der Waals surface area (Å²) >= 11 is 0. The Labute approximate surface area is 224 Å². The predicted molar refractivity (Wildman–Crippen MR) is 154 cm³/mol. The minimum atomic E-state index is -1.13. The van der Waals surface area contributed by atoms with Gasteiger partial charge < -0.3 is 26.0 Å². The van der Waals surface area contributed by atoms with Crippen molar-refractivity contribution in [1.29, 1.82) is 0 Å². The molecule has 1 unspecified atom stereocenters. The highest BCUT2D eigenvalue weighted by atomic mass is 16.5. The number of piperazine rings is 1. The molecule has 10 heteroatoms. The molecule has 202 valence electrons. The third kappa shape index (κ3) is 5.62. The van der Waals surface area contributed by atoms with E-state index in [1.807, 2.05) is 43.5 Å². The molecule has 3 aromatic rings. The Morgan fingerprint density at radius 3 is 2.71 bits per heavy atom. The molecule has 0 bridgehead atoms. The molecular weight excluding hydrogens is 478 g/mol. The Kier molecular flexibility index (Phi) is 7.82. The van der Waals surface area contributed by atoms with Crippen molar-refractivity contribution >= 4 is 28.5 Å². The Bertz CT molecular complexity index is 1310. The van der Waals surface area contributed by atoms with Gasteiger partial charge in [0.25, 0.3) is 0 Å². The van der Waals surface area contributed by atoms with Crippen LogP contribution in [-0.4, -0.2) is 67.7 Å². The first-order valence-electron chi connectivity index (χ1n) is 13.4. The van der Waals surface area contributed by atoms with Gasteiger partial charge in [0.1, 0.15) is 11.6 Å². The summed E-state index contributed by atoms with van der Waals surface area (Å²) in [4.78, 5) is 9.59. The zero-order chi connectivity index (χ0) is 26.5. The van der Waals surface area contributed by atoms with Gasteiger partial charge in [-0.05, 0) is 63.2 Å². The van der Waals surface area contributed by atoms with E-state index in [-0.39, 0.29) is 0 Å². The number of hydrogen-bond donors (Lipinski definition) is 5. The summed E-state index contributed by atoms with van der Waals surface area (Å²) < 4.78 is 5.83.